The monoisotopic (exact) mass is 432 g/mol. The third-order valence-corrected chi connectivity index (χ3v) is 4.88. The second-order valence-electron chi connectivity index (χ2n) is 7.48. The van der Waals surface area contributed by atoms with Gasteiger partial charge in [0.25, 0.3) is 11.8 Å². The first-order valence-electron chi connectivity index (χ1n) is 10.5. The Kier molecular flexibility index (Phi) is 7.86. The molecule has 0 atom stereocenters. The zero-order valence-corrected chi connectivity index (χ0v) is 18.7. The molecule has 166 valence electrons. The lowest BCUT2D eigenvalue weighted by Gasteiger charge is -2.21. The Hall–Kier alpha value is -3.80. The van der Waals surface area contributed by atoms with Gasteiger partial charge in [-0.3, -0.25) is 9.59 Å². The highest BCUT2D eigenvalue weighted by Crippen LogP contribution is 2.23. The number of rotatable bonds is 9. The van der Waals surface area contributed by atoms with Gasteiger partial charge in [0.1, 0.15) is 17.2 Å². The molecule has 0 saturated heterocycles. The van der Waals surface area contributed by atoms with E-state index in [0.717, 1.165) is 11.3 Å². The number of likely N-dealkylation sites (N-methyl/N-ethyl adjacent to an activating group) is 1. The first kappa shape index (κ1) is 22.9. The predicted molar refractivity (Wildman–Crippen MR) is 124 cm³/mol. The fraction of sp³-hybridized carbons (Fsp3) is 0.231. The maximum atomic E-state index is 12.6. The van der Waals surface area contributed by atoms with E-state index in [1.165, 1.54) is 4.90 Å². The van der Waals surface area contributed by atoms with Crippen LogP contribution in [0.25, 0.3) is 0 Å². The molecule has 0 aliphatic rings. The van der Waals surface area contributed by atoms with Crippen molar-refractivity contribution in [3.63, 3.8) is 0 Å². The third-order valence-electron chi connectivity index (χ3n) is 4.88. The summed E-state index contributed by atoms with van der Waals surface area (Å²) in [5, 5.41) is 0. The second-order valence-corrected chi connectivity index (χ2v) is 7.48. The number of amides is 2. The molecule has 32 heavy (non-hydrogen) atoms. The summed E-state index contributed by atoms with van der Waals surface area (Å²) in [5.74, 6) is 1.90. The molecule has 0 aliphatic heterocycles. The van der Waals surface area contributed by atoms with Crippen LogP contribution in [0.2, 0.25) is 0 Å². The average molecular weight is 433 g/mol. The molecule has 0 aromatic heterocycles. The van der Waals surface area contributed by atoms with Crippen LogP contribution in [0.5, 0.6) is 17.2 Å². The number of nitrogens with zero attached hydrogens (tertiary/aromatic N) is 2. The van der Waals surface area contributed by atoms with Crippen molar-refractivity contribution in [1.29, 1.82) is 0 Å². The highest BCUT2D eigenvalue weighted by atomic mass is 16.5. The van der Waals surface area contributed by atoms with Gasteiger partial charge in [0.2, 0.25) is 0 Å². The minimum atomic E-state index is -0.106. The molecule has 0 N–H and O–H groups in total. The molecule has 0 aliphatic carbocycles. The van der Waals surface area contributed by atoms with E-state index in [9.17, 15) is 9.59 Å². The third kappa shape index (κ3) is 6.35. The number of para-hydroxylation sites is 1. The van der Waals surface area contributed by atoms with Crippen molar-refractivity contribution in [2.45, 2.75) is 13.5 Å². The van der Waals surface area contributed by atoms with Crippen molar-refractivity contribution < 1.29 is 19.1 Å². The summed E-state index contributed by atoms with van der Waals surface area (Å²) >= 11 is 0. The molecule has 2 amide bonds. The summed E-state index contributed by atoms with van der Waals surface area (Å²) in [4.78, 5) is 27.9. The van der Waals surface area contributed by atoms with Crippen molar-refractivity contribution in [2.75, 3.05) is 27.2 Å². The Morgan fingerprint density at radius 2 is 1.38 bits per heavy atom. The van der Waals surface area contributed by atoms with Crippen LogP contribution in [0.15, 0.2) is 78.9 Å². The van der Waals surface area contributed by atoms with Gasteiger partial charge in [-0.15, -0.1) is 0 Å². The van der Waals surface area contributed by atoms with Crippen molar-refractivity contribution in [3.05, 3.63) is 90.0 Å². The van der Waals surface area contributed by atoms with Crippen molar-refractivity contribution in [1.82, 2.24) is 9.80 Å². The van der Waals surface area contributed by atoms with Gasteiger partial charge < -0.3 is 19.3 Å². The zero-order valence-electron chi connectivity index (χ0n) is 18.7. The number of hydrogen-bond donors (Lipinski definition) is 0. The molecule has 3 aromatic carbocycles. The fourth-order valence-electron chi connectivity index (χ4n) is 3.07. The molecule has 0 spiro atoms. The zero-order chi connectivity index (χ0) is 22.9. The highest BCUT2D eigenvalue weighted by Gasteiger charge is 2.14. The Bertz CT molecular complexity index is 1020. The molecule has 3 aromatic rings. The molecule has 0 radical (unpaired) electrons. The largest absolute Gasteiger partial charge is 0.484 e. The van der Waals surface area contributed by atoms with Gasteiger partial charge in [-0.1, -0.05) is 30.3 Å². The SMILES string of the molecule is CCN(Cc1ccc(C(=O)N(C)C)cc1)C(=O)COc1ccc(Oc2ccccc2)cc1. The summed E-state index contributed by atoms with van der Waals surface area (Å²) in [7, 11) is 3.44. The standard InChI is InChI=1S/C26H28N2O4/c1-4-28(18-20-10-12-21(13-11-20)26(30)27(2)3)25(29)19-31-22-14-16-24(17-15-22)32-23-8-6-5-7-9-23/h5-17H,4,18-19H2,1-3H3. The van der Waals surface area contributed by atoms with Gasteiger partial charge in [0.15, 0.2) is 6.61 Å². The lowest BCUT2D eigenvalue weighted by Crippen LogP contribution is -2.34. The first-order chi connectivity index (χ1) is 15.5. The van der Waals surface area contributed by atoms with Gasteiger partial charge in [0, 0.05) is 32.7 Å². The van der Waals surface area contributed by atoms with Crippen LogP contribution in [0.3, 0.4) is 0 Å². The van der Waals surface area contributed by atoms with Gasteiger partial charge >= 0.3 is 0 Å². The Labute approximate surface area is 189 Å². The maximum absolute atomic E-state index is 12.6. The number of carbonyl (C=O) groups excluding carboxylic acids is 2. The van der Waals surface area contributed by atoms with E-state index in [2.05, 4.69) is 0 Å². The minimum Gasteiger partial charge on any atom is -0.484 e. The van der Waals surface area contributed by atoms with E-state index in [4.69, 9.17) is 9.47 Å². The first-order valence-corrected chi connectivity index (χ1v) is 10.5. The summed E-state index contributed by atoms with van der Waals surface area (Å²) in [5.41, 5.74) is 1.58. The van der Waals surface area contributed by atoms with Gasteiger partial charge in [-0.25, -0.2) is 0 Å². The van der Waals surface area contributed by atoms with Crippen LogP contribution in [-0.4, -0.2) is 48.9 Å². The quantitative estimate of drug-likeness (QED) is 0.496. The normalized spacial score (nSPS) is 10.3. The Balaban J connectivity index is 1.52. The lowest BCUT2D eigenvalue weighted by molar-refractivity contribution is -0.133. The lowest BCUT2D eigenvalue weighted by atomic mass is 10.1. The summed E-state index contributed by atoms with van der Waals surface area (Å²) < 4.78 is 11.4. The highest BCUT2D eigenvalue weighted by molar-refractivity contribution is 5.93. The summed E-state index contributed by atoms with van der Waals surface area (Å²) in [6, 6.07) is 24.0. The number of benzene rings is 3. The predicted octanol–water partition coefficient (Wildman–Crippen LogP) is 4.61. The average Bonchev–Trinajstić information content (AvgIpc) is 2.82. The van der Waals surface area contributed by atoms with E-state index < -0.39 is 0 Å². The molecule has 6 nitrogen and oxygen atoms in total. The smallest absolute Gasteiger partial charge is 0.260 e. The van der Waals surface area contributed by atoms with Crippen LogP contribution >= 0.6 is 0 Å². The molecule has 0 saturated carbocycles. The molecule has 3 rings (SSSR count). The van der Waals surface area contributed by atoms with Crippen LogP contribution in [0.1, 0.15) is 22.8 Å². The minimum absolute atomic E-state index is 0.0476. The van der Waals surface area contributed by atoms with Crippen LogP contribution in [-0.2, 0) is 11.3 Å². The fourth-order valence-corrected chi connectivity index (χ4v) is 3.07. The molecular weight excluding hydrogens is 404 g/mol. The topological polar surface area (TPSA) is 59.1 Å². The van der Waals surface area contributed by atoms with E-state index in [-0.39, 0.29) is 18.4 Å². The molecule has 0 fully saturated rings. The second kappa shape index (κ2) is 11.0. The number of ether oxygens (including phenoxy) is 2. The van der Waals surface area contributed by atoms with Gasteiger partial charge in [-0.05, 0) is 61.0 Å². The van der Waals surface area contributed by atoms with Gasteiger partial charge in [0.05, 0.1) is 0 Å². The Morgan fingerprint density at radius 1 is 0.781 bits per heavy atom. The number of hydrogen-bond acceptors (Lipinski definition) is 4. The Morgan fingerprint density at radius 3 is 1.97 bits per heavy atom. The van der Waals surface area contributed by atoms with Crippen molar-refractivity contribution in [2.24, 2.45) is 0 Å². The van der Waals surface area contributed by atoms with E-state index in [0.29, 0.717) is 30.2 Å². The van der Waals surface area contributed by atoms with Crippen LogP contribution < -0.4 is 9.47 Å². The van der Waals surface area contributed by atoms with E-state index >= 15 is 0 Å². The van der Waals surface area contributed by atoms with Crippen molar-refractivity contribution >= 4 is 11.8 Å². The van der Waals surface area contributed by atoms with Crippen molar-refractivity contribution in [3.8, 4) is 17.2 Å². The van der Waals surface area contributed by atoms with E-state index in [1.807, 2.05) is 49.4 Å². The van der Waals surface area contributed by atoms with Crippen LogP contribution in [0, 0.1) is 0 Å². The van der Waals surface area contributed by atoms with E-state index in [1.54, 1.807) is 55.4 Å². The molecule has 0 bridgehead atoms. The summed E-state index contributed by atoms with van der Waals surface area (Å²) in [6.45, 7) is 2.89. The molecular formula is C26H28N2O4. The maximum Gasteiger partial charge on any atom is 0.260 e. The molecule has 6 heteroatoms. The van der Waals surface area contributed by atoms with Crippen LogP contribution in [0.4, 0.5) is 0 Å². The summed E-state index contributed by atoms with van der Waals surface area (Å²) in [6.07, 6.45) is 0. The number of carbonyl (C=O) groups is 2. The molecule has 0 heterocycles. The van der Waals surface area contributed by atoms with Gasteiger partial charge in [-0.2, -0.15) is 0 Å². The molecule has 0 unspecified atom stereocenters.